The number of nitrogens with zero attached hydrogens (tertiary/aromatic N) is 3. The number of phenols is 1. The number of halogens is 3. The molecule has 0 atom stereocenters. The zero-order valence-corrected chi connectivity index (χ0v) is 12.3. The summed E-state index contributed by atoms with van der Waals surface area (Å²) in [6.07, 6.45) is -1.98. The zero-order valence-electron chi connectivity index (χ0n) is 12.3. The van der Waals surface area contributed by atoms with E-state index in [4.69, 9.17) is 0 Å². The molecule has 6 nitrogen and oxygen atoms in total. The number of ether oxygens (including phenoxy) is 1. The standard InChI is InChI=1S/C14H14F3N3O3/c1-19(2)13(22)8-20-7-10(6-18-20)9-3-4-11(21)12(5-9)23-14(15,16)17/h3-7,21H,8H2,1-2H3. The SMILES string of the molecule is CN(C)C(=O)Cn1cc(-c2ccc(O)c(OC(F)(F)F)c2)cn1. The summed E-state index contributed by atoms with van der Waals surface area (Å²) < 4.78 is 42.0. The van der Waals surface area contributed by atoms with E-state index in [-0.39, 0.29) is 12.5 Å². The molecule has 1 heterocycles. The fourth-order valence-corrected chi connectivity index (χ4v) is 1.78. The van der Waals surface area contributed by atoms with Crippen molar-refractivity contribution in [3.8, 4) is 22.6 Å². The van der Waals surface area contributed by atoms with Gasteiger partial charge in [0.2, 0.25) is 5.91 Å². The lowest BCUT2D eigenvalue weighted by atomic mass is 10.1. The van der Waals surface area contributed by atoms with Crippen molar-refractivity contribution in [3.05, 3.63) is 30.6 Å². The second kappa shape index (κ2) is 6.19. The van der Waals surface area contributed by atoms with Gasteiger partial charge in [0.15, 0.2) is 11.5 Å². The minimum Gasteiger partial charge on any atom is -0.504 e. The lowest BCUT2D eigenvalue weighted by Crippen LogP contribution is -2.26. The summed E-state index contributed by atoms with van der Waals surface area (Å²) in [6, 6.07) is 3.57. The van der Waals surface area contributed by atoms with Gasteiger partial charge in [-0.15, -0.1) is 13.2 Å². The van der Waals surface area contributed by atoms with Gasteiger partial charge < -0.3 is 14.7 Å². The molecule has 1 aromatic heterocycles. The zero-order chi connectivity index (χ0) is 17.2. The molecule has 0 unspecified atom stereocenters. The first kappa shape index (κ1) is 16.7. The molecule has 2 rings (SSSR count). The van der Waals surface area contributed by atoms with Gasteiger partial charge in [-0.05, 0) is 17.7 Å². The van der Waals surface area contributed by atoms with E-state index in [9.17, 15) is 23.1 Å². The Morgan fingerprint density at radius 2 is 2.04 bits per heavy atom. The number of hydrogen-bond acceptors (Lipinski definition) is 4. The molecular weight excluding hydrogens is 315 g/mol. The van der Waals surface area contributed by atoms with Crippen LogP contribution in [-0.4, -0.2) is 46.2 Å². The molecule has 1 aromatic carbocycles. The highest BCUT2D eigenvalue weighted by atomic mass is 19.4. The highest BCUT2D eigenvalue weighted by molar-refractivity contribution is 5.75. The van der Waals surface area contributed by atoms with Crippen LogP contribution in [0.4, 0.5) is 13.2 Å². The predicted octanol–water partition coefficient (Wildman–Crippen LogP) is 2.24. The van der Waals surface area contributed by atoms with Crippen LogP contribution in [-0.2, 0) is 11.3 Å². The summed E-state index contributed by atoms with van der Waals surface area (Å²) in [7, 11) is 3.21. The molecule has 0 aliphatic carbocycles. The average molecular weight is 329 g/mol. The van der Waals surface area contributed by atoms with Gasteiger partial charge in [0.25, 0.3) is 0 Å². The van der Waals surface area contributed by atoms with Crippen molar-refractivity contribution < 1.29 is 27.8 Å². The molecule has 0 fully saturated rings. The first-order valence-corrected chi connectivity index (χ1v) is 6.47. The van der Waals surface area contributed by atoms with E-state index in [1.54, 1.807) is 14.1 Å². The number of aromatic nitrogens is 2. The van der Waals surface area contributed by atoms with E-state index in [1.807, 2.05) is 0 Å². The van der Waals surface area contributed by atoms with Gasteiger partial charge >= 0.3 is 6.36 Å². The van der Waals surface area contributed by atoms with Crippen LogP contribution in [0.2, 0.25) is 0 Å². The summed E-state index contributed by atoms with van der Waals surface area (Å²) in [5.41, 5.74) is 0.856. The maximum absolute atomic E-state index is 12.3. The van der Waals surface area contributed by atoms with Crippen LogP contribution in [0, 0.1) is 0 Å². The number of carbonyl (C=O) groups is 1. The van der Waals surface area contributed by atoms with Crippen molar-refractivity contribution in [2.75, 3.05) is 14.1 Å². The Balaban J connectivity index is 2.24. The largest absolute Gasteiger partial charge is 0.573 e. The number of likely N-dealkylation sites (N-methyl/N-ethyl adjacent to an activating group) is 1. The first-order chi connectivity index (χ1) is 10.7. The van der Waals surface area contributed by atoms with Gasteiger partial charge in [0.1, 0.15) is 6.54 Å². The van der Waals surface area contributed by atoms with Crippen molar-refractivity contribution in [2.45, 2.75) is 12.9 Å². The van der Waals surface area contributed by atoms with Crippen LogP contribution in [0.1, 0.15) is 0 Å². The molecule has 0 bridgehead atoms. The molecule has 0 saturated carbocycles. The number of alkyl halides is 3. The predicted molar refractivity (Wildman–Crippen MR) is 74.7 cm³/mol. The first-order valence-electron chi connectivity index (χ1n) is 6.47. The molecule has 0 radical (unpaired) electrons. The number of hydrogen-bond donors (Lipinski definition) is 1. The van der Waals surface area contributed by atoms with Gasteiger partial charge in [0.05, 0.1) is 6.20 Å². The molecule has 2 aromatic rings. The molecule has 23 heavy (non-hydrogen) atoms. The lowest BCUT2D eigenvalue weighted by Gasteiger charge is -2.11. The maximum Gasteiger partial charge on any atom is 0.573 e. The normalized spacial score (nSPS) is 11.3. The number of rotatable bonds is 4. The fourth-order valence-electron chi connectivity index (χ4n) is 1.78. The number of amides is 1. The van der Waals surface area contributed by atoms with Crippen LogP contribution in [0.25, 0.3) is 11.1 Å². The average Bonchev–Trinajstić information content (AvgIpc) is 2.88. The van der Waals surface area contributed by atoms with Crippen molar-refractivity contribution in [1.82, 2.24) is 14.7 Å². The molecule has 124 valence electrons. The Bertz CT molecular complexity index is 711. The highest BCUT2D eigenvalue weighted by Crippen LogP contribution is 2.35. The summed E-state index contributed by atoms with van der Waals surface area (Å²) in [4.78, 5) is 13.0. The Morgan fingerprint density at radius 3 is 2.65 bits per heavy atom. The van der Waals surface area contributed by atoms with Gasteiger partial charge in [-0.3, -0.25) is 9.48 Å². The van der Waals surface area contributed by atoms with Crippen LogP contribution >= 0.6 is 0 Å². The monoisotopic (exact) mass is 329 g/mol. The van der Waals surface area contributed by atoms with Crippen molar-refractivity contribution >= 4 is 5.91 Å². The van der Waals surface area contributed by atoms with Gasteiger partial charge in [0, 0.05) is 25.9 Å². The van der Waals surface area contributed by atoms with Gasteiger partial charge in [-0.2, -0.15) is 5.10 Å². The Morgan fingerprint density at radius 1 is 1.35 bits per heavy atom. The third-order valence-corrected chi connectivity index (χ3v) is 2.95. The van der Waals surface area contributed by atoms with Crippen LogP contribution in [0.5, 0.6) is 11.5 Å². The summed E-state index contributed by atoms with van der Waals surface area (Å²) in [5, 5.41) is 13.4. The molecule has 1 amide bonds. The minimum atomic E-state index is -4.90. The number of benzene rings is 1. The minimum absolute atomic E-state index is 0.0109. The summed E-state index contributed by atoms with van der Waals surface area (Å²) >= 11 is 0. The molecule has 0 aliphatic rings. The van der Waals surface area contributed by atoms with E-state index in [0.29, 0.717) is 11.1 Å². The van der Waals surface area contributed by atoms with Crippen molar-refractivity contribution in [2.24, 2.45) is 0 Å². The third-order valence-electron chi connectivity index (χ3n) is 2.95. The Kier molecular flexibility index (Phi) is 4.48. The van der Waals surface area contributed by atoms with Gasteiger partial charge in [-0.1, -0.05) is 6.07 Å². The second-order valence-corrected chi connectivity index (χ2v) is 4.95. The van der Waals surface area contributed by atoms with Crippen LogP contribution in [0.15, 0.2) is 30.6 Å². The smallest absolute Gasteiger partial charge is 0.504 e. The van der Waals surface area contributed by atoms with Crippen molar-refractivity contribution in [1.29, 1.82) is 0 Å². The van der Waals surface area contributed by atoms with E-state index >= 15 is 0 Å². The third kappa shape index (κ3) is 4.38. The van der Waals surface area contributed by atoms with E-state index < -0.39 is 17.9 Å². The molecule has 9 heteroatoms. The number of phenolic OH excluding ortho intramolecular Hbond substituents is 1. The van der Waals surface area contributed by atoms with Crippen molar-refractivity contribution in [3.63, 3.8) is 0 Å². The van der Waals surface area contributed by atoms with Crippen LogP contribution < -0.4 is 4.74 Å². The maximum atomic E-state index is 12.3. The topological polar surface area (TPSA) is 67.6 Å². The van der Waals surface area contributed by atoms with Gasteiger partial charge in [-0.25, -0.2) is 0 Å². The molecule has 0 aliphatic heterocycles. The number of carbonyl (C=O) groups excluding carboxylic acids is 1. The molecule has 0 saturated heterocycles. The summed E-state index contributed by atoms with van der Waals surface area (Å²) in [5.74, 6) is -1.50. The molecule has 1 N–H and O–H groups in total. The van der Waals surface area contributed by atoms with Crippen LogP contribution in [0.3, 0.4) is 0 Å². The highest BCUT2D eigenvalue weighted by Gasteiger charge is 2.32. The fraction of sp³-hybridized carbons (Fsp3) is 0.286. The molecular formula is C14H14F3N3O3. The Hall–Kier alpha value is -2.71. The second-order valence-electron chi connectivity index (χ2n) is 4.95. The van der Waals surface area contributed by atoms with E-state index in [0.717, 1.165) is 12.1 Å². The molecule has 0 spiro atoms. The lowest BCUT2D eigenvalue weighted by molar-refractivity contribution is -0.275. The quantitative estimate of drug-likeness (QED) is 0.934. The van der Waals surface area contributed by atoms with E-state index in [2.05, 4.69) is 9.84 Å². The number of aromatic hydroxyl groups is 1. The summed E-state index contributed by atoms with van der Waals surface area (Å²) in [6.45, 7) is 0.0109. The Labute approximate surface area is 129 Å². The van der Waals surface area contributed by atoms with E-state index in [1.165, 1.54) is 28.0 Å².